The minimum atomic E-state index is -4.75. The van der Waals surface area contributed by atoms with Crippen LogP contribution in [-0.2, 0) is 6.18 Å². The van der Waals surface area contributed by atoms with Crippen molar-refractivity contribution in [2.24, 2.45) is 0 Å². The largest absolute Gasteiger partial charge is 0.493 e. The first-order valence-electron chi connectivity index (χ1n) is 9.15. The van der Waals surface area contributed by atoms with E-state index < -0.39 is 22.7 Å². The van der Waals surface area contributed by atoms with Crippen molar-refractivity contribution < 1.29 is 27.4 Å². The lowest BCUT2D eigenvalue weighted by molar-refractivity contribution is -0.137. The highest BCUT2D eigenvalue weighted by Crippen LogP contribution is 2.42. The van der Waals surface area contributed by atoms with Crippen LogP contribution in [0.1, 0.15) is 15.9 Å². The first-order valence-corrected chi connectivity index (χ1v) is 11.1. The lowest BCUT2D eigenvalue weighted by Crippen LogP contribution is -2.15. The molecule has 0 saturated carbocycles. The molecule has 0 unspecified atom stereocenters. The molecule has 1 aromatic heterocycles. The van der Waals surface area contributed by atoms with E-state index in [1.165, 1.54) is 31.3 Å². The van der Waals surface area contributed by atoms with Crippen molar-refractivity contribution in [3.63, 3.8) is 0 Å². The van der Waals surface area contributed by atoms with Gasteiger partial charge < -0.3 is 14.8 Å². The van der Waals surface area contributed by atoms with Crippen molar-refractivity contribution >= 4 is 51.1 Å². The fourth-order valence-electron chi connectivity index (χ4n) is 2.72. The van der Waals surface area contributed by atoms with Crippen molar-refractivity contribution in [1.82, 2.24) is 9.71 Å². The number of aromatic nitrogens is 1. The van der Waals surface area contributed by atoms with Gasteiger partial charge in [0.05, 0.1) is 23.3 Å². The average molecular weight is 563 g/mol. The van der Waals surface area contributed by atoms with Crippen molar-refractivity contribution in [2.75, 3.05) is 19.5 Å². The van der Waals surface area contributed by atoms with Gasteiger partial charge in [-0.05, 0) is 61.5 Å². The first kappa shape index (κ1) is 25.2. The molecule has 0 aliphatic heterocycles. The highest BCUT2D eigenvalue weighted by atomic mass is 79.9. The summed E-state index contributed by atoms with van der Waals surface area (Å²) in [4.78, 5) is 17.1. The minimum Gasteiger partial charge on any atom is -0.493 e. The number of carbonyl (C=O) groups excluding carboxylic acids is 1. The van der Waals surface area contributed by atoms with E-state index in [2.05, 4.69) is 31.0 Å². The molecule has 2 N–H and O–H groups in total. The van der Waals surface area contributed by atoms with Crippen LogP contribution in [0.25, 0.3) is 0 Å². The van der Waals surface area contributed by atoms with Crippen LogP contribution < -0.4 is 19.5 Å². The Labute approximate surface area is 205 Å². The predicted octanol–water partition coefficient (Wildman–Crippen LogP) is 6.80. The second-order valence-corrected chi connectivity index (χ2v) is 8.72. The van der Waals surface area contributed by atoms with Crippen LogP contribution in [0.4, 0.5) is 18.9 Å². The lowest BCUT2D eigenvalue weighted by Gasteiger charge is -2.17. The second kappa shape index (κ2) is 10.6. The van der Waals surface area contributed by atoms with E-state index in [9.17, 15) is 18.0 Å². The van der Waals surface area contributed by atoms with Gasteiger partial charge in [-0.3, -0.25) is 9.52 Å². The number of amides is 1. The van der Waals surface area contributed by atoms with E-state index >= 15 is 0 Å². The topological polar surface area (TPSA) is 72.5 Å². The molecule has 0 aliphatic carbocycles. The molecule has 2 aromatic carbocycles. The van der Waals surface area contributed by atoms with Gasteiger partial charge in [-0.1, -0.05) is 27.5 Å². The Kier molecular flexibility index (Phi) is 8.11. The summed E-state index contributed by atoms with van der Waals surface area (Å²) >= 11 is 10.4. The number of hydrogen-bond acceptors (Lipinski definition) is 6. The van der Waals surface area contributed by atoms with Gasteiger partial charge in [-0.2, -0.15) is 13.2 Å². The number of nitrogens with zero attached hydrogens (tertiary/aromatic N) is 1. The maximum atomic E-state index is 13.5. The van der Waals surface area contributed by atoms with Gasteiger partial charge in [0.1, 0.15) is 10.8 Å². The first-order chi connectivity index (χ1) is 15.6. The zero-order valence-electron chi connectivity index (χ0n) is 17.1. The van der Waals surface area contributed by atoms with Crippen LogP contribution in [0, 0.1) is 0 Å². The van der Waals surface area contributed by atoms with Crippen LogP contribution in [-0.4, -0.2) is 25.0 Å². The Balaban J connectivity index is 2.04. The lowest BCUT2D eigenvalue weighted by atomic mass is 10.1. The average Bonchev–Trinajstić information content (AvgIpc) is 2.75. The van der Waals surface area contributed by atoms with Crippen LogP contribution in [0.2, 0.25) is 5.02 Å². The summed E-state index contributed by atoms with van der Waals surface area (Å²) in [5, 5.41) is 2.57. The number of carbonyl (C=O) groups is 1. The number of anilines is 1. The Morgan fingerprint density at radius 1 is 1.12 bits per heavy atom. The summed E-state index contributed by atoms with van der Waals surface area (Å²) in [6.07, 6.45) is -3.27. The molecule has 0 saturated heterocycles. The van der Waals surface area contributed by atoms with E-state index in [1.807, 2.05) is 0 Å². The molecule has 3 aromatic rings. The summed E-state index contributed by atoms with van der Waals surface area (Å²) in [5.41, 5.74) is -0.947. The molecule has 1 amide bonds. The molecule has 0 aliphatic rings. The van der Waals surface area contributed by atoms with Crippen molar-refractivity contribution in [2.45, 2.75) is 11.2 Å². The zero-order chi connectivity index (χ0) is 24.2. The summed E-state index contributed by atoms with van der Waals surface area (Å²) in [7, 11) is 3.09. The molecule has 0 atom stereocenters. The van der Waals surface area contributed by atoms with Crippen molar-refractivity contribution in [3.05, 3.63) is 69.3 Å². The summed E-state index contributed by atoms with van der Waals surface area (Å²) in [5.74, 6) is -0.698. The third-order valence-electron chi connectivity index (χ3n) is 4.16. The van der Waals surface area contributed by atoms with E-state index in [1.54, 1.807) is 31.3 Å². The maximum Gasteiger partial charge on any atom is 0.417 e. The molecule has 6 nitrogen and oxygen atoms in total. The minimum absolute atomic E-state index is 0.113. The molecule has 0 bridgehead atoms. The molecule has 174 valence electrons. The molecular formula is C21H16BrClF3N3O3S. The van der Waals surface area contributed by atoms with E-state index in [4.69, 9.17) is 21.1 Å². The molecule has 0 spiro atoms. The molecule has 0 fully saturated rings. The smallest absolute Gasteiger partial charge is 0.417 e. The summed E-state index contributed by atoms with van der Waals surface area (Å²) in [6.45, 7) is 0. The van der Waals surface area contributed by atoms with Gasteiger partial charge in [-0.25, -0.2) is 4.98 Å². The van der Waals surface area contributed by atoms with E-state index in [0.717, 1.165) is 6.07 Å². The summed E-state index contributed by atoms with van der Waals surface area (Å²) < 4.78 is 54.9. The highest BCUT2D eigenvalue weighted by molar-refractivity contribution is 9.10. The van der Waals surface area contributed by atoms with Gasteiger partial charge in [0.2, 0.25) is 0 Å². The number of benzene rings is 2. The molecule has 1 heterocycles. The van der Waals surface area contributed by atoms with Gasteiger partial charge >= 0.3 is 6.18 Å². The monoisotopic (exact) mass is 561 g/mol. The number of pyridine rings is 1. The number of halogens is 5. The Hall–Kier alpha value is -2.47. The molecule has 3 rings (SSSR count). The summed E-state index contributed by atoms with van der Waals surface area (Å²) in [6, 6.07) is 9.45. The molecule has 33 heavy (non-hydrogen) atoms. The SMILES string of the molecule is CNSc1cc(NC(=O)c2cc(Cl)c(C(F)(F)F)cc2Oc2ccc(Br)cc2OC)ccn1. The number of ether oxygens (including phenoxy) is 2. The third kappa shape index (κ3) is 6.32. The maximum absolute atomic E-state index is 13.5. The van der Waals surface area contributed by atoms with Crippen LogP contribution >= 0.6 is 39.5 Å². The molecular weight excluding hydrogens is 547 g/mol. The molecule has 0 radical (unpaired) electrons. The standard InChI is InChI=1S/C21H16BrClF3N3O3S/c1-27-33-19-8-12(5-6-28-19)29-20(30)13-9-15(23)14(21(24,25)26)10-17(13)32-16-4-3-11(22)7-18(16)31-2/h3-10,27H,1-2H3,(H,28,29,30). The number of nitrogens with one attached hydrogen (secondary N) is 2. The number of rotatable bonds is 7. The number of alkyl halides is 3. The third-order valence-corrected chi connectivity index (χ3v) is 5.61. The second-order valence-electron chi connectivity index (χ2n) is 6.37. The molecule has 12 heteroatoms. The van der Waals surface area contributed by atoms with Gasteiger partial charge in [0, 0.05) is 16.4 Å². The van der Waals surface area contributed by atoms with E-state index in [-0.39, 0.29) is 22.8 Å². The predicted molar refractivity (Wildman–Crippen MR) is 124 cm³/mol. The quantitative estimate of drug-likeness (QED) is 0.309. The van der Waals surface area contributed by atoms with Crippen molar-refractivity contribution in [3.8, 4) is 17.2 Å². The Morgan fingerprint density at radius 2 is 1.88 bits per heavy atom. The number of methoxy groups -OCH3 is 1. The fraction of sp³-hybridized carbons (Fsp3) is 0.143. The fourth-order valence-corrected chi connectivity index (χ4v) is 3.84. The zero-order valence-corrected chi connectivity index (χ0v) is 20.2. The Bertz CT molecular complexity index is 1180. The van der Waals surface area contributed by atoms with Crippen LogP contribution in [0.15, 0.2) is 58.2 Å². The number of hydrogen-bond donors (Lipinski definition) is 2. The van der Waals surface area contributed by atoms with Crippen LogP contribution in [0.5, 0.6) is 17.2 Å². The van der Waals surface area contributed by atoms with Gasteiger partial charge in [-0.15, -0.1) is 0 Å². The van der Waals surface area contributed by atoms with Gasteiger partial charge in [0.25, 0.3) is 5.91 Å². The normalized spacial score (nSPS) is 11.2. The van der Waals surface area contributed by atoms with Crippen molar-refractivity contribution in [1.29, 1.82) is 0 Å². The Morgan fingerprint density at radius 3 is 2.55 bits per heavy atom. The van der Waals surface area contributed by atoms with Crippen LogP contribution in [0.3, 0.4) is 0 Å². The van der Waals surface area contributed by atoms with E-state index in [0.29, 0.717) is 21.3 Å². The highest BCUT2D eigenvalue weighted by Gasteiger charge is 2.35. The van der Waals surface area contributed by atoms with Gasteiger partial charge in [0.15, 0.2) is 11.5 Å².